The van der Waals surface area contributed by atoms with E-state index in [9.17, 15) is 8.42 Å². The molecule has 9 heteroatoms. The number of halogens is 1. The van der Waals surface area contributed by atoms with E-state index in [0.29, 0.717) is 0 Å². The minimum absolute atomic E-state index is 0.00654. The molecule has 0 aliphatic heterocycles. The second kappa shape index (κ2) is 5.68. The molecule has 0 aliphatic carbocycles. The number of furan rings is 1. The molecule has 20 heavy (non-hydrogen) atoms. The van der Waals surface area contributed by atoms with Crippen LogP contribution in [0.3, 0.4) is 0 Å². The quantitative estimate of drug-likeness (QED) is 0.858. The summed E-state index contributed by atoms with van der Waals surface area (Å²) in [5, 5.41) is 13.0. The van der Waals surface area contributed by atoms with Gasteiger partial charge in [0.2, 0.25) is 10.0 Å². The molecular weight excluding hydrogens is 350 g/mol. The molecule has 0 aromatic carbocycles. The summed E-state index contributed by atoms with van der Waals surface area (Å²) in [6.45, 7) is -0.164. The van der Waals surface area contributed by atoms with Gasteiger partial charge in [0.1, 0.15) is 17.3 Å². The Morgan fingerprint density at radius 1 is 1.55 bits per heavy atom. The fraction of sp³-hybridized carbons (Fsp3) is 0.364. The number of nitrogens with zero attached hydrogens (tertiary/aromatic N) is 3. The third-order valence-corrected chi connectivity index (χ3v) is 5.37. The first-order valence-electron chi connectivity index (χ1n) is 5.67. The van der Waals surface area contributed by atoms with Crippen LogP contribution in [0.4, 0.5) is 0 Å². The molecule has 7 nitrogen and oxygen atoms in total. The third-order valence-electron chi connectivity index (χ3n) is 2.71. The summed E-state index contributed by atoms with van der Waals surface area (Å²) in [6.07, 6.45) is 3.35. The molecule has 0 bridgehead atoms. The monoisotopic (exact) mass is 363 g/mol. The summed E-state index contributed by atoms with van der Waals surface area (Å²) in [4.78, 5) is -0.00654. The van der Waals surface area contributed by atoms with Gasteiger partial charge in [0, 0.05) is 38.5 Å². The highest BCUT2D eigenvalue weighted by Crippen LogP contribution is 2.28. The number of hydrogen-bond donors (Lipinski definition) is 1. The highest BCUT2D eigenvalue weighted by molar-refractivity contribution is 9.10. The minimum Gasteiger partial charge on any atom is -0.450 e. The van der Waals surface area contributed by atoms with E-state index in [0.717, 1.165) is 5.56 Å². The molecule has 1 N–H and O–H groups in total. The molecule has 2 aromatic rings. The first kappa shape index (κ1) is 15.2. The molecule has 0 saturated carbocycles. The highest BCUT2D eigenvalue weighted by atomic mass is 79.9. The van der Waals surface area contributed by atoms with Crippen molar-refractivity contribution in [2.75, 3.05) is 7.05 Å². The van der Waals surface area contributed by atoms with Crippen LogP contribution < -0.4 is 0 Å². The maximum absolute atomic E-state index is 12.4. The van der Waals surface area contributed by atoms with Crippen molar-refractivity contribution in [2.24, 2.45) is 7.05 Å². The lowest BCUT2D eigenvalue weighted by atomic mass is 10.4. The summed E-state index contributed by atoms with van der Waals surface area (Å²) < 4.78 is 32.8. The van der Waals surface area contributed by atoms with Gasteiger partial charge in [-0.05, 0) is 15.9 Å². The van der Waals surface area contributed by atoms with E-state index in [1.165, 1.54) is 17.4 Å². The van der Waals surface area contributed by atoms with Crippen LogP contribution in [0, 0.1) is 0 Å². The van der Waals surface area contributed by atoms with Gasteiger partial charge in [0.05, 0.1) is 6.20 Å². The zero-order chi connectivity index (χ0) is 14.9. The number of sulfonamides is 1. The van der Waals surface area contributed by atoms with Crippen LogP contribution in [0.5, 0.6) is 0 Å². The topological polar surface area (TPSA) is 88.6 Å². The lowest BCUT2D eigenvalue weighted by Crippen LogP contribution is -2.26. The Balaban J connectivity index is 2.26. The van der Waals surface area contributed by atoms with Crippen LogP contribution >= 0.6 is 15.9 Å². The van der Waals surface area contributed by atoms with Crippen LogP contribution in [-0.4, -0.2) is 34.7 Å². The Labute approximate surface area is 125 Å². The van der Waals surface area contributed by atoms with Gasteiger partial charge in [-0.25, -0.2) is 8.42 Å². The Kier molecular flexibility index (Phi) is 4.33. The number of aryl methyl sites for hydroxylation is 1. The Bertz CT molecular complexity index is 707. The average molecular weight is 364 g/mol. The van der Waals surface area contributed by atoms with Gasteiger partial charge < -0.3 is 9.52 Å². The molecule has 2 heterocycles. The zero-order valence-corrected chi connectivity index (χ0v) is 13.3. The largest absolute Gasteiger partial charge is 0.450 e. The Morgan fingerprint density at radius 2 is 2.25 bits per heavy atom. The predicted molar refractivity (Wildman–Crippen MR) is 74.2 cm³/mol. The van der Waals surface area contributed by atoms with Gasteiger partial charge in [-0.15, -0.1) is 0 Å². The van der Waals surface area contributed by atoms with Crippen LogP contribution in [0.1, 0.15) is 11.3 Å². The molecule has 0 atom stereocenters. The maximum atomic E-state index is 12.4. The SMILES string of the molecule is CN(Cc1cnn(C)c1)S(=O)(=O)c1cc(CO)oc1Br. The van der Waals surface area contributed by atoms with E-state index in [2.05, 4.69) is 21.0 Å². The van der Waals surface area contributed by atoms with E-state index in [4.69, 9.17) is 9.52 Å². The van der Waals surface area contributed by atoms with Crippen molar-refractivity contribution >= 4 is 26.0 Å². The normalized spacial score (nSPS) is 12.2. The molecule has 0 saturated heterocycles. The number of hydrogen-bond acceptors (Lipinski definition) is 5. The first-order chi connectivity index (χ1) is 9.34. The molecule has 0 fully saturated rings. The van der Waals surface area contributed by atoms with Crippen molar-refractivity contribution in [3.05, 3.63) is 34.5 Å². The van der Waals surface area contributed by atoms with E-state index in [1.54, 1.807) is 24.1 Å². The fourth-order valence-electron chi connectivity index (χ4n) is 1.72. The van der Waals surface area contributed by atoms with Crippen LogP contribution in [0.2, 0.25) is 0 Å². The van der Waals surface area contributed by atoms with Gasteiger partial charge in [-0.1, -0.05) is 0 Å². The zero-order valence-electron chi connectivity index (χ0n) is 10.9. The van der Waals surface area contributed by atoms with Gasteiger partial charge in [-0.3, -0.25) is 4.68 Å². The number of aliphatic hydroxyl groups is 1. The van der Waals surface area contributed by atoms with Crippen molar-refractivity contribution in [3.63, 3.8) is 0 Å². The van der Waals surface area contributed by atoms with Crippen LogP contribution in [0.15, 0.2) is 32.4 Å². The predicted octanol–water partition coefficient (Wildman–Crippen LogP) is 1.09. The van der Waals surface area contributed by atoms with Gasteiger partial charge in [-0.2, -0.15) is 9.40 Å². The second-order valence-corrected chi connectivity index (χ2v) is 7.03. The van der Waals surface area contributed by atoms with Crippen molar-refractivity contribution in [3.8, 4) is 0 Å². The molecule has 2 aromatic heterocycles. The number of aromatic nitrogens is 2. The molecule has 0 aliphatic rings. The molecule has 110 valence electrons. The van der Waals surface area contributed by atoms with Crippen molar-refractivity contribution in [2.45, 2.75) is 18.0 Å². The summed E-state index contributed by atoms with van der Waals surface area (Å²) in [5.41, 5.74) is 0.778. The second-order valence-electron chi connectivity index (χ2n) is 4.29. The van der Waals surface area contributed by atoms with E-state index >= 15 is 0 Å². The minimum atomic E-state index is -3.70. The average Bonchev–Trinajstić information content (AvgIpc) is 2.95. The molecule has 0 amide bonds. The smallest absolute Gasteiger partial charge is 0.247 e. The van der Waals surface area contributed by atoms with E-state index < -0.39 is 10.0 Å². The van der Waals surface area contributed by atoms with Crippen molar-refractivity contribution in [1.82, 2.24) is 14.1 Å². The standard InChI is InChI=1S/C11H14BrN3O4S/c1-14-5-8(4-13-14)6-15(2)20(17,18)10-3-9(7-16)19-11(10)12/h3-5,16H,6-7H2,1-2H3. The molecule has 0 spiro atoms. The summed E-state index contributed by atoms with van der Waals surface area (Å²) in [6, 6.07) is 1.30. The molecule has 2 rings (SSSR count). The van der Waals surface area contributed by atoms with Crippen LogP contribution in [0.25, 0.3) is 0 Å². The number of aliphatic hydroxyl groups excluding tert-OH is 1. The fourth-order valence-corrected chi connectivity index (χ4v) is 3.83. The van der Waals surface area contributed by atoms with E-state index in [-0.39, 0.29) is 28.5 Å². The Hall–Kier alpha value is -1.16. The molecular formula is C11H14BrN3O4S. The maximum Gasteiger partial charge on any atom is 0.247 e. The lowest BCUT2D eigenvalue weighted by molar-refractivity contribution is 0.245. The van der Waals surface area contributed by atoms with Gasteiger partial charge in [0.25, 0.3) is 0 Å². The molecule has 0 radical (unpaired) electrons. The Morgan fingerprint density at radius 3 is 2.75 bits per heavy atom. The van der Waals surface area contributed by atoms with Gasteiger partial charge >= 0.3 is 0 Å². The first-order valence-corrected chi connectivity index (χ1v) is 7.91. The molecule has 0 unspecified atom stereocenters. The lowest BCUT2D eigenvalue weighted by Gasteiger charge is -2.15. The summed E-state index contributed by atoms with van der Waals surface area (Å²) in [7, 11) is -0.469. The van der Waals surface area contributed by atoms with Crippen molar-refractivity contribution < 1.29 is 17.9 Å². The van der Waals surface area contributed by atoms with E-state index in [1.807, 2.05) is 0 Å². The summed E-state index contributed by atoms with van der Waals surface area (Å²) >= 11 is 3.05. The number of rotatable bonds is 5. The van der Waals surface area contributed by atoms with Crippen molar-refractivity contribution in [1.29, 1.82) is 0 Å². The highest BCUT2D eigenvalue weighted by Gasteiger charge is 2.27. The van der Waals surface area contributed by atoms with Gasteiger partial charge in [0.15, 0.2) is 4.67 Å². The third kappa shape index (κ3) is 2.95. The summed E-state index contributed by atoms with van der Waals surface area (Å²) in [5.74, 6) is 0.185. The van der Waals surface area contributed by atoms with Crippen LogP contribution in [-0.2, 0) is 30.2 Å².